The van der Waals surface area contributed by atoms with Gasteiger partial charge in [0, 0.05) is 0 Å². The summed E-state index contributed by atoms with van der Waals surface area (Å²) in [5, 5.41) is 0. The fourth-order valence-corrected chi connectivity index (χ4v) is 4.26. The molecule has 0 saturated heterocycles. The average Bonchev–Trinajstić information content (AvgIpc) is 3.03. The summed E-state index contributed by atoms with van der Waals surface area (Å²) in [5.41, 5.74) is 2.45. The molecule has 222 valence electrons. The summed E-state index contributed by atoms with van der Waals surface area (Å²) in [6, 6.07) is 30.9. The van der Waals surface area contributed by atoms with E-state index in [4.69, 9.17) is 28.4 Å². The topological polar surface area (TPSA) is 81.7 Å². The van der Waals surface area contributed by atoms with Crippen molar-refractivity contribution < 1.29 is 38.0 Å². The molecule has 0 aliphatic heterocycles. The molecule has 3 aromatic carbocycles. The fraction of sp³-hybridized carbons (Fsp3) is 0.424. The van der Waals surface area contributed by atoms with E-state index in [-0.39, 0.29) is 12.4 Å². The third-order valence-corrected chi connectivity index (χ3v) is 6.25. The third kappa shape index (κ3) is 11.4. The number of benzene rings is 3. The number of esters is 1. The molecule has 41 heavy (non-hydrogen) atoms. The van der Waals surface area contributed by atoms with Crippen LogP contribution in [-0.4, -0.2) is 85.8 Å². The minimum Gasteiger partial charge on any atom is -0.469 e. The van der Waals surface area contributed by atoms with Gasteiger partial charge in [0.25, 0.3) is 0 Å². The summed E-state index contributed by atoms with van der Waals surface area (Å²) in [7, 11) is 1.36. The van der Waals surface area contributed by atoms with E-state index in [9.17, 15) is 4.79 Å². The lowest BCUT2D eigenvalue weighted by Crippen LogP contribution is -2.34. The second-order valence-corrected chi connectivity index (χ2v) is 9.02. The molecule has 0 heterocycles. The van der Waals surface area contributed by atoms with Crippen molar-refractivity contribution in [1.82, 2.24) is 0 Å². The maximum absolute atomic E-state index is 11.0. The zero-order valence-electron chi connectivity index (χ0n) is 23.9. The molecule has 0 N–H and O–H groups in total. The Morgan fingerprint density at radius 1 is 0.488 bits per heavy atom. The molecule has 0 fully saturated rings. The molecule has 0 aliphatic carbocycles. The zero-order valence-corrected chi connectivity index (χ0v) is 23.9. The van der Waals surface area contributed by atoms with E-state index < -0.39 is 5.60 Å². The summed E-state index contributed by atoms with van der Waals surface area (Å²) in [6.45, 7) is 4.92. The number of methoxy groups -OCH3 is 1. The molecule has 0 aliphatic rings. The highest BCUT2D eigenvalue weighted by atomic mass is 16.6. The van der Waals surface area contributed by atoms with E-state index in [1.165, 1.54) is 7.11 Å². The van der Waals surface area contributed by atoms with Crippen LogP contribution in [-0.2, 0) is 43.6 Å². The van der Waals surface area contributed by atoms with Crippen molar-refractivity contribution in [2.24, 2.45) is 0 Å². The van der Waals surface area contributed by atoms with Gasteiger partial charge in [-0.1, -0.05) is 91.0 Å². The van der Waals surface area contributed by atoms with Gasteiger partial charge in [-0.2, -0.15) is 0 Å². The molecule has 0 atom stereocenters. The first-order valence-corrected chi connectivity index (χ1v) is 14.0. The maximum Gasteiger partial charge on any atom is 0.307 e. The SMILES string of the molecule is COC(=O)CCOCCOCCOCCOCCOCCOC(c1ccccc1)(c1ccccc1)c1ccccc1. The molecule has 0 amide bonds. The van der Waals surface area contributed by atoms with Gasteiger partial charge in [-0.15, -0.1) is 0 Å². The van der Waals surface area contributed by atoms with Gasteiger partial charge >= 0.3 is 5.97 Å². The smallest absolute Gasteiger partial charge is 0.307 e. The Balaban J connectivity index is 1.30. The highest BCUT2D eigenvalue weighted by Gasteiger charge is 2.37. The standard InChI is InChI=1S/C33H42O8/c1-35-32(34)17-18-36-19-20-37-21-22-38-23-24-39-25-26-40-27-28-41-33(29-11-5-2-6-12-29,30-13-7-3-8-14-30)31-15-9-4-10-16-31/h2-16H,17-28H2,1H3. The zero-order chi connectivity index (χ0) is 28.9. The van der Waals surface area contributed by atoms with Gasteiger partial charge in [0.2, 0.25) is 0 Å². The lowest BCUT2D eigenvalue weighted by Gasteiger charge is -2.36. The normalized spacial score (nSPS) is 11.4. The largest absolute Gasteiger partial charge is 0.469 e. The molecule has 0 unspecified atom stereocenters. The first-order chi connectivity index (χ1) is 20.3. The summed E-state index contributed by atoms with van der Waals surface area (Å²) in [4.78, 5) is 11.0. The average molecular weight is 567 g/mol. The molecule has 3 rings (SSSR count). The van der Waals surface area contributed by atoms with Gasteiger partial charge in [-0.25, -0.2) is 0 Å². The van der Waals surface area contributed by atoms with Crippen LogP contribution < -0.4 is 0 Å². The van der Waals surface area contributed by atoms with Crippen LogP contribution in [0.1, 0.15) is 23.1 Å². The van der Waals surface area contributed by atoms with Gasteiger partial charge in [0.15, 0.2) is 0 Å². The van der Waals surface area contributed by atoms with Crippen molar-refractivity contribution in [3.8, 4) is 0 Å². The molecule has 0 aromatic heterocycles. The second-order valence-electron chi connectivity index (χ2n) is 9.02. The number of rotatable bonds is 22. The van der Waals surface area contributed by atoms with Crippen molar-refractivity contribution >= 4 is 5.97 Å². The minimum atomic E-state index is -0.748. The quantitative estimate of drug-likeness (QED) is 0.0989. The predicted octanol–water partition coefficient (Wildman–Crippen LogP) is 4.64. The van der Waals surface area contributed by atoms with E-state index in [0.717, 1.165) is 16.7 Å². The highest BCUT2D eigenvalue weighted by Crippen LogP contribution is 2.40. The molecule has 0 saturated carbocycles. The van der Waals surface area contributed by atoms with Crippen molar-refractivity contribution in [2.75, 3.05) is 79.8 Å². The monoisotopic (exact) mass is 566 g/mol. The van der Waals surface area contributed by atoms with E-state index in [0.29, 0.717) is 72.7 Å². The van der Waals surface area contributed by atoms with Crippen LogP contribution in [0.2, 0.25) is 0 Å². The molecular formula is C33H42O8. The summed E-state index contributed by atoms with van der Waals surface area (Å²) in [6.07, 6.45) is 0.246. The van der Waals surface area contributed by atoms with Crippen LogP contribution in [0.4, 0.5) is 0 Å². The van der Waals surface area contributed by atoms with Crippen molar-refractivity contribution in [2.45, 2.75) is 12.0 Å². The van der Waals surface area contributed by atoms with Crippen molar-refractivity contribution in [1.29, 1.82) is 0 Å². The predicted molar refractivity (Wildman–Crippen MR) is 156 cm³/mol. The van der Waals surface area contributed by atoms with Crippen molar-refractivity contribution in [3.05, 3.63) is 108 Å². The van der Waals surface area contributed by atoms with E-state index in [2.05, 4.69) is 41.1 Å². The lowest BCUT2D eigenvalue weighted by molar-refractivity contribution is -0.141. The number of hydrogen-bond donors (Lipinski definition) is 0. The Kier molecular flexibility index (Phi) is 15.7. The number of carbonyl (C=O) groups excluding carboxylic acids is 1. The van der Waals surface area contributed by atoms with Crippen molar-refractivity contribution in [3.63, 3.8) is 0 Å². The highest BCUT2D eigenvalue weighted by molar-refractivity contribution is 5.69. The Hall–Kier alpha value is -3.11. The van der Waals surface area contributed by atoms with Crippen LogP contribution in [0.25, 0.3) is 0 Å². The van der Waals surface area contributed by atoms with Gasteiger partial charge in [0.05, 0.1) is 86.2 Å². The number of hydrogen-bond acceptors (Lipinski definition) is 8. The van der Waals surface area contributed by atoms with Gasteiger partial charge in [0.1, 0.15) is 5.60 Å². The Bertz CT molecular complexity index is 966. The Labute approximate surface area is 243 Å². The van der Waals surface area contributed by atoms with E-state index in [1.807, 2.05) is 54.6 Å². The maximum atomic E-state index is 11.0. The molecule has 8 nitrogen and oxygen atoms in total. The Morgan fingerprint density at radius 3 is 1.15 bits per heavy atom. The Morgan fingerprint density at radius 2 is 0.805 bits per heavy atom. The van der Waals surface area contributed by atoms with E-state index >= 15 is 0 Å². The molecule has 3 aromatic rings. The van der Waals surface area contributed by atoms with Crippen LogP contribution >= 0.6 is 0 Å². The first-order valence-electron chi connectivity index (χ1n) is 14.0. The molecule has 8 heteroatoms. The van der Waals surface area contributed by atoms with Gasteiger partial charge < -0.3 is 33.2 Å². The van der Waals surface area contributed by atoms with Crippen LogP contribution in [0, 0.1) is 0 Å². The minimum absolute atomic E-state index is 0.246. The number of ether oxygens (including phenoxy) is 7. The van der Waals surface area contributed by atoms with Gasteiger partial charge in [-0.3, -0.25) is 4.79 Å². The van der Waals surface area contributed by atoms with Crippen LogP contribution in [0.3, 0.4) is 0 Å². The summed E-state index contributed by atoms with van der Waals surface area (Å²) in [5.74, 6) is -0.283. The van der Waals surface area contributed by atoms with Crippen LogP contribution in [0.15, 0.2) is 91.0 Å². The molecule has 0 bridgehead atoms. The lowest BCUT2D eigenvalue weighted by atomic mass is 9.80. The summed E-state index contributed by atoms with van der Waals surface area (Å²) >= 11 is 0. The summed E-state index contributed by atoms with van der Waals surface area (Å²) < 4.78 is 38.9. The van der Waals surface area contributed by atoms with E-state index in [1.54, 1.807) is 0 Å². The molecule has 0 spiro atoms. The number of carbonyl (C=O) groups is 1. The van der Waals surface area contributed by atoms with Gasteiger partial charge in [-0.05, 0) is 16.7 Å². The molecule has 0 radical (unpaired) electrons. The second kappa shape index (κ2) is 19.9. The first kappa shape index (κ1) is 32.4. The molecular weight excluding hydrogens is 524 g/mol. The third-order valence-electron chi connectivity index (χ3n) is 6.25. The fourth-order valence-electron chi connectivity index (χ4n) is 4.26. The van der Waals surface area contributed by atoms with Crippen LogP contribution in [0.5, 0.6) is 0 Å².